The van der Waals surface area contributed by atoms with Gasteiger partial charge in [-0.25, -0.2) is 18.2 Å². The van der Waals surface area contributed by atoms with Crippen molar-refractivity contribution in [3.63, 3.8) is 0 Å². The number of fused-ring (bicyclic) bond motifs is 1. The van der Waals surface area contributed by atoms with Crippen LogP contribution in [-0.4, -0.2) is 60.0 Å². The molecule has 10 nitrogen and oxygen atoms in total. The summed E-state index contributed by atoms with van der Waals surface area (Å²) in [6.07, 6.45) is 4.92. The molecule has 41 heavy (non-hydrogen) atoms. The molecule has 1 unspecified atom stereocenters. The van der Waals surface area contributed by atoms with Gasteiger partial charge in [0.15, 0.2) is 20.5 Å². The van der Waals surface area contributed by atoms with E-state index in [1.54, 1.807) is 46.0 Å². The Bertz CT molecular complexity index is 1540. The molecular weight excluding hydrogens is 542 g/mol. The van der Waals surface area contributed by atoms with Crippen molar-refractivity contribution in [1.29, 1.82) is 0 Å². The van der Waals surface area contributed by atoms with Gasteiger partial charge < -0.3 is 25.6 Å². The highest BCUT2D eigenvalue weighted by molar-refractivity contribution is 8.06. The lowest BCUT2D eigenvalue weighted by Gasteiger charge is -2.39. The van der Waals surface area contributed by atoms with Crippen LogP contribution in [0.1, 0.15) is 62.0 Å². The molecule has 2 aromatic carbocycles. The number of nitrogens with one attached hydrogen (secondary N) is 3. The molecule has 3 aliphatic rings. The molecule has 2 heterocycles. The van der Waals surface area contributed by atoms with E-state index in [0.29, 0.717) is 11.3 Å². The first-order valence-electron chi connectivity index (χ1n) is 13.6. The zero-order valence-electron chi connectivity index (χ0n) is 23.6. The van der Waals surface area contributed by atoms with Crippen LogP contribution in [0.3, 0.4) is 0 Å². The Hall–Kier alpha value is -4.12. The molecule has 0 bridgehead atoms. The van der Waals surface area contributed by atoms with E-state index >= 15 is 0 Å². The Balaban J connectivity index is 1.42. The van der Waals surface area contributed by atoms with Crippen molar-refractivity contribution < 1.29 is 22.7 Å². The summed E-state index contributed by atoms with van der Waals surface area (Å²) in [5.41, 5.74) is 1.43. The number of alkyl carbamates (subject to hydrolysis) is 1. The largest absolute Gasteiger partial charge is 0.444 e. The van der Waals surface area contributed by atoms with Crippen LogP contribution in [0.5, 0.6) is 0 Å². The Labute approximate surface area is 240 Å². The third kappa shape index (κ3) is 6.30. The van der Waals surface area contributed by atoms with Gasteiger partial charge in [-0.3, -0.25) is 4.79 Å². The summed E-state index contributed by atoms with van der Waals surface area (Å²) in [6.45, 7) is 6.82. The first-order chi connectivity index (χ1) is 19.4. The number of carbonyl (C=O) groups excluding carboxylic acids is 2. The van der Waals surface area contributed by atoms with E-state index < -0.39 is 27.2 Å². The summed E-state index contributed by atoms with van der Waals surface area (Å²) in [4.78, 5) is 31.1. The summed E-state index contributed by atoms with van der Waals surface area (Å²) >= 11 is 0. The van der Waals surface area contributed by atoms with Crippen molar-refractivity contribution in [2.24, 2.45) is 4.99 Å². The molecule has 0 radical (unpaired) electrons. The number of hydrogen-bond acceptors (Lipinski definition) is 8. The Morgan fingerprint density at radius 1 is 1.07 bits per heavy atom. The fourth-order valence-electron chi connectivity index (χ4n) is 4.65. The van der Waals surface area contributed by atoms with E-state index in [9.17, 15) is 18.0 Å². The molecule has 216 valence electrons. The number of aliphatic imine (C=N–C) groups is 1. The highest BCUT2D eigenvalue weighted by Crippen LogP contribution is 2.39. The lowest BCUT2D eigenvalue weighted by atomic mass is 10.1. The molecule has 2 amide bonds. The fourth-order valence-corrected chi connectivity index (χ4v) is 6.22. The van der Waals surface area contributed by atoms with Crippen molar-refractivity contribution in [2.75, 3.05) is 12.3 Å². The molecule has 1 atom stereocenters. The predicted octanol–water partition coefficient (Wildman–Crippen LogP) is 3.85. The quantitative estimate of drug-likeness (QED) is 0.456. The third-order valence-electron chi connectivity index (χ3n) is 6.88. The van der Waals surface area contributed by atoms with Crippen LogP contribution < -0.4 is 16.0 Å². The topological polar surface area (TPSA) is 129 Å². The summed E-state index contributed by atoms with van der Waals surface area (Å²) in [6, 6.07) is 16.8. The number of rotatable bonds is 7. The van der Waals surface area contributed by atoms with Crippen LogP contribution in [0.2, 0.25) is 0 Å². The van der Waals surface area contributed by atoms with Gasteiger partial charge in [-0.1, -0.05) is 42.5 Å². The second-order valence-corrected chi connectivity index (χ2v) is 13.5. The molecule has 2 aliphatic heterocycles. The summed E-state index contributed by atoms with van der Waals surface area (Å²) in [5, 5.41) is 8.68. The molecule has 0 saturated heterocycles. The van der Waals surface area contributed by atoms with Gasteiger partial charge >= 0.3 is 6.09 Å². The number of nitrogens with zero attached hydrogens (tertiary/aromatic N) is 2. The number of amides is 2. The monoisotopic (exact) mass is 577 g/mol. The minimum absolute atomic E-state index is 0.0657. The van der Waals surface area contributed by atoms with Crippen LogP contribution in [0.4, 0.5) is 4.79 Å². The van der Waals surface area contributed by atoms with Gasteiger partial charge in [0.2, 0.25) is 0 Å². The summed E-state index contributed by atoms with van der Waals surface area (Å²) in [5.74, 6) is -0.467. The van der Waals surface area contributed by atoms with Crippen molar-refractivity contribution in [2.45, 2.75) is 57.8 Å². The van der Waals surface area contributed by atoms with Crippen LogP contribution in [-0.2, 0) is 14.6 Å². The van der Waals surface area contributed by atoms with Gasteiger partial charge in [0.25, 0.3) is 5.91 Å². The van der Waals surface area contributed by atoms with E-state index in [0.717, 1.165) is 29.7 Å². The second kappa shape index (κ2) is 10.7. The number of benzene rings is 2. The van der Waals surface area contributed by atoms with Crippen molar-refractivity contribution >= 4 is 38.3 Å². The predicted molar refractivity (Wildman–Crippen MR) is 158 cm³/mol. The molecule has 3 N–H and O–H groups in total. The van der Waals surface area contributed by atoms with Crippen molar-refractivity contribution in [1.82, 2.24) is 20.9 Å². The molecule has 1 fully saturated rings. The Morgan fingerprint density at radius 3 is 2.39 bits per heavy atom. The SMILES string of the molecule is CC(C)(C)OC(=O)NCCS(=O)(=O)C1=NC(c2ccccc2)=CN2C(c3ccc(C(=O)NC4CC4)cc3)=CNC12C. The molecule has 5 rings (SSSR count). The maximum Gasteiger partial charge on any atom is 0.407 e. The van der Waals surface area contributed by atoms with E-state index in [-0.39, 0.29) is 29.3 Å². The summed E-state index contributed by atoms with van der Waals surface area (Å²) < 4.78 is 32.7. The van der Waals surface area contributed by atoms with Gasteiger partial charge in [0.05, 0.1) is 17.1 Å². The molecule has 2 aromatic rings. The maximum absolute atomic E-state index is 13.7. The number of hydrogen-bond donors (Lipinski definition) is 3. The Kier molecular flexibility index (Phi) is 7.41. The number of sulfone groups is 1. The van der Waals surface area contributed by atoms with E-state index in [2.05, 4.69) is 20.9 Å². The molecule has 0 aromatic heterocycles. The van der Waals surface area contributed by atoms with Crippen molar-refractivity contribution in [3.8, 4) is 0 Å². The van der Waals surface area contributed by atoms with E-state index in [1.807, 2.05) is 53.6 Å². The molecular formula is C30H35N5O5S. The molecule has 0 spiro atoms. The lowest BCUT2D eigenvalue weighted by molar-refractivity contribution is 0.0531. The maximum atomic E-state index is 13.7. The smallest absolute Gasteiger partial charge is 0.407 e. The minimum atomic E-state index is -3.96. The zero-order valence-corrected chi connectivity index (χ0v) is 24.4. The Morgan fingerprint density at radius 2 is 1.76 bits per heavy atom. The average molecular weight is 578 g/mol. The standard InChI is InChI=1S/C30H35N5O5S/c1-29(2,3)40-28(37)31-16-17-41(38,39)27-30(4)32-18-25(35(30)19-24(34-27)20-8-6-5-7-9-20)21-10-12-22(13-11-21)26(36)33-23-14-15-23/h5-13,18-19,23,32H,14-17H2,1-4H3,(H,31,37)(H,33,36). The zero-order chi connectivity index (χ0) is 29.4. The minimum Gasteiger partial charge on any atom is -0.444 e. The number of carbonyl (C=O) groups is 2. The van der Waals surface area contributed by atoms with Crippen LogP contribution in [0.15, 0.2) is 72.0 Å². The summed E-state index contributed by atoms with van der Waals surface area (Å²) in [7, 11) is -3.96. The fraction of sp³-hybridized carbons (Fsp3) is 0.367. The highest BCUT2D eigenvalue weighted by atomic mass is 32.2. The van der Waals surface area contributed by atoms with Gasteiger partial charge in [0.1, 0.15) is 5.60 Å². The normalized spacial score (nSPS) is 20.2. The first kappa shape index (κ1) is 28.4. The van der Waals surface area contributed by atoms with Crippen LogP contribution >= 0.6 is 0 Å². The van der Waals surface area contributed by atoms with E-state index in [4.69, 9.17) is 4.74 Å². The highest BCUT2D eigenvalue weighted by Gasteiger charge is 2.49. The third-order valence-corrected chi connectivity index (χ3v) is 8.70. The van der Waals surface area contributed by atoms with Crippen LogP contribution in [0, 0.1) is 0 Å². The molecule has 1 saturated carbocycles. The van der Waals surface area contributed by atoms with Gasteiger partial charge in [-0.2, -0.15) is 0 Å². The lowest BCUT2D eigenvalue weighted by Crippen LogP contribution is -2.58. The van der Waals surface area contributed by atoms with Crippen molar-refractivity contribution in [3.05, 3.63) is 83.7 Å². The van der Waals surface area contributed by atoms with Gasteiger partial charge in [-0.15, -0.1) is 0 Å². The van der Waals surface area contributed by atoms with Crippen LogP contribution in [0.25, 0.3) is 11.4 Å². The van der Waals surface area contributed by atoms with Gasteiger partial charge in [-0.05, 0) is 58.2 Å². The second-order valence-electron chi connectivity index (χ2n) is 11.5. The number of ether oxygens (including phenoxy) is 1. The first-order valence-corrected chi connectivity index (χ1v) is 15.3. The average Bonchev–Trinajstić information content (AvgIpc) is 3.66. The molecule has 11 heteroatoms. The molecule has 1 aliphatic carbocycles. The van der Waals surface area contributed by atoms with Gasteiger partial charge in [0, 0.05) is 36.1 Å². The van der Waals surface area contributed by atoms with E-state index in [1.165, 1.54) is 0 Å².